The van der Waals surface area contributed by atoms with Crippen molar-refractivity contribution in [1.82, 2.24) is 10.2 Å². The van der Waals surface area contributed by atoms with Crippen molar-refractivity contribution in [2.75, 3.05) is 13.7 Å². The number of fused-ring (bicyclic) bond motifs is 1. The first-order valence-electron chi connectivity index (χ1n) is 9.24. The van der Waals surface area contributed by atoms with E-state index in [4.69, 9.17) is 0 Å². The average Bonchev–Trinajstić information content (AvgIpc) is 2.72. The van der Waals surface area contributed by atoms with Crippen molar-refractivity contribution in [3.8, 4) is 0 Å². The van der Waals surface area contributed by atoms with Crippen LogP contribution in [0.3, 0.4) is 0 Å². The van der Waals surface area contributed by atoms with E-state index in [1.807, 2.05) is 72.8 Å². The van der Waals surface area contributed by atoms with Crippen LogP contribution >= 0.6 is 0 Å². The van der Waals surface area contributed by atoms with Gasteiger partial charge in [-0.05, 0) is 21.9 Å². The zero-order valence-electron chi connectivity index (χ0n) is 15.8. The standard InChI is InChI=1S/C23H24N2O3/c1-25(15-17-8-3-2-4-9-17)23(28)21(16-26)24-22(27)14-19-12-7-11-18-10-5-6-13-20(18)19/h2-13,21,26H,14-16H2,1H3,(H,24,27)/t21-/m0/s1. The Labute approximate surface area is 164 Å². The molecular weight excluding hydrogens is 352 g/mol. The van der Waals surface area contributed by atoms with E-state index in [0.717, 1.165) is 21.9 Å². The van der Waals surface area contributed by atoms with Crippen LogP contribution in [0.2, 0.25) is 0 Å². The SMILES string of the molecule is CN(Cc1ccccc1)C(=O)[C@H](CO)NC(=O)Cc1cccc2ccccc12. The van der Waals surface area contributed by atoms with Crippen molar-refractivity contribution >= 4 is 22.6 Å². The van der Waals surface area contributed by atoms with Crippen LogP contribution in [0.4, 0.5) is 0 Å². The third-order valence-corrected chi connectivity index (χ3v) is 4.69. The summed E-state index contributed by atoms with van der Waals surface area (Å²) in [5.41, 5.74) is 1.87. The Kier molecular flexibility index (Phi) is 6.40. The molecule has 3 rings (SSSR count). The summed E-state index contributed by atoms with van der Waals surface area (Å²) in [4.78, 5) is 26.7. The van der Waals surface area contributed by atoms with E-state index in [0.29, 0.717) is 6.54 Å². The minimum Gasteiger partial charge on any atom is -0.394 e. The van der Waals surface area contributed by atoms with Gasteiger partial charge in [0.15, 0.2) is 0 Å². The molecule has 2 N–H and O–H groups in total. The Bertz CT molecular complexity index is 951. The van der Waals surface area contributed by atoms with Crippen LogP contribution in [0.1, 0.15) is 11.1 Å². The highest BCUT2D eigenvalue weighted by Crippen LogP contribution is 2.19. The first-order valence-corrected chi connectivity index (χ1v) is 9.24. The van der Waals surface area contributed by atoms with E-state index in [1.54, 1.807) is 7.05 Å². The maximum atomic E-state index is 12.6. The Balaban J connectivity index is 1.64. The maximum Gasteiger partial charge on any atom is 0.247 e. The molecule has 0 saturated carbocycles. The molecule has 28 heavy (non-hydrogen) atoms. The van der Waals surface area contributed by atoms with Gasteiger partial charge in [-0.2, -0.15) is 0 Å². The summed E-state index contributed by atoms with van der Waals surface area (Å²) in [6.07, 6.45) is 0.146. The van der Waals surface area contributed by atoms with Gasteiger partial charge in [0, 0.05) is 13.6 Å². The van der Waals surface area contributed by atoms with Gasteiger partial charge in [0.2, 0.25) is 11.8 Å². The van der Waals surface area contributed by atoms with Gasteiger partial charge < -0.3 is 15.3 Å². The second-order valence-electron chi connectivity index (χ2n) is 6.80. The Morgan fingerprint density at radius 3 is 2.39 bits per heavy atom. The first-order chi connectivity index (χ1) is 13.6. The van der Waals surface area contributed by atoms with E-state index in [2.05, 4.69) is 5.32 Å². The van der Waals surface area contributed by atoms with Crippen molar-refractivity contribution in [2.45, 2.75) is 19.0 Å². The minimum atomic E-state index is -0.962. The van der Waals surface area contributed by atoms with Crippen molar-refractivity contribution in [2.24, 2.45) is 0 Å². The molecule has 0 aliphatic heterocycles. The fourth-order valence-corrected chi connectivity index (χ4v) is 3.25. The molecular formula is C23H24N2O3. The van der Waals surface area contributed by atoms with Gasteiger partial charge in [-0.3, -0.25) is 9.59 Å². The normalized spacial score (nSPS) is 11.8. The summed E-state index contributed by atoms with van der Waals surface area (Å²) in [5.74, 6) is -0.616. The number of likely N-dealkylation sites (N-methyl/N-ethyl adjacent to an activating group) is 1. The fourth-order valence-electron chi connectivity index (χ4n) is 3.25. The molecule has 0 aliphatic carbocycles. The van der Waals surface area contributed by atoms with Gasteiger partial charge in [0.05, 0.1) is 13.0 Å². The van der Waals surface area contributed by atoms with Crippen LogP contribution < -0.4 is 5.32 Å². The van der Waals surface area contributed by atoms with Crippen LogP contribution in [0.5, 0.6) is 0 Å². The summed E-state index contributed by atoms with van der Waals surface area (Å²) < 4.78 is 0. The van der Waals surface area contributed by atoms with Crippen LogP contribution in [0.15, 0.2) is 72.8 Å². The molecule has 3 aromatic carbocycles. The summed E-state index contributed by atoms with van der Waals surface area (Å²) in [7, 11) is 1.66. The molecule has 5 nitrogen and oxygen atoms in total. The molecule has 144 valence electrons. The quantitative estimate of drug-likeness (QED) is 0.666. The topological polar surface area (TPSA) is 69.6 Å². The number of amides is 2. The second-order valence-corrected chi connectivity index (χ2v) is 6.80. The number of rotatable bonds is 7. The molecule has 0 unspecified atom stereocenters. The number of carbonyl (C=O) groups is 2. The van der Waals surface area contributed by atoms with E-state index in [1.165, 1.54) is 4.90 Å². The van der Waals surface area contributed by atoms with Crippen LogP contribution in [0.25, 0.3) is 10.8 Å². The molecule has 0 fully saturated rings. The van der Waals surface area contributed by atoms with E-state index in [9.17, 15) is 14.7 Å². The van der Waals surface area contributed by atoms with E-state index >= 15 is 0 Å². The van der Waals surface area contributed by atoms with Gasteiger partial charge in [-0.15, -0.1) is 0 Å². The van der Waals surface area contributed by atoms with Gasteiger partial charge in [-0.25, -0.2) is 0 Å². The predicted octanol–water partition coefficient (Wildman–Crippen LogP) is 2.52. The molecule has 0 radical (unpaired) electrons. The third-order valence-electron chi connectivity index (χ3n) is 4.69. The largest absolute Gasteiger partial charge is 0.394 e. The molecule has 0 heterocycles. The lowest BCUT2D eigenvalue weighted by Gasteiger charge is -2.23. The Morgan fingerprint density at radius 2 is 1.64 bits per heavy atom. The molecule has 0 aliphatic rings. The lowest BCUT2D eigenvalue weighted by atomic mass is 10.0. The van der Waals surface area contributed by atoms with Crippen molar-refractivity contribution in [3.05, 3.63) is 83.9 Å². The average molecular weight is 376 g/mol. The predicted molar refractivity (Wildman–Crippen MR) is 110 cm³/mol. The molecule has 0 saturated heterocycles. The highest BCUT2D eigenvalue weighted by atomic mass is 16.3. The highest BCUT2D eigenvalue weighted by Gasteiger charge is 2.23. The molecule has 0 bridgehead atoms. The number of carbonyl (C=O) groups excluding carboxylic acids is 2. The van der Waals surface area contributed by atoms with E-state index in [-0.39, 0.29) is 18.2 Å². The second kappa shape index (κ2) is 9.15. The van der Waals surface area contributed by atoms with Crippen molar-refractivity contribution < 1.29 is 14.7 Å². The molecule has 1 atom stereocenters. The van der Waals surface area contributed by atoms with Crippen LogP contribution in [-0.4, -0.2) is 41.5 Å². The lowest BCUT2D eigenvalue weighted by Crippen LogP contribution is -2.49. The van der Waals surface area contributed by atoms with Gasteiger partial charge >= 0.3 is 0 Å². The zero-order valence-corrected chi connectivity index (χ0v) is 15.8. The monoisotopic (exact) mass is 376 g/mol. The molecule has 2 amide bonds. The van der Waals surface area contributed by atoms with Crippen molar-refractivity contribution in [3.63, 3.8) is 0 Å². The molecule has 3 aromatic rings. The number of hydrogen-bond acceptors (Lipinski definition) is 3. The van der Waals surface area contributed by atoms with Gasteiger partial charge in [-0.1, -0.05) is 72.8 Å². The zero-order chi connectivity index (χ0) is 19.9. The molecule has 5 heteroatoms. The smallest absolute Gasteiger partial charge is 0.247 e. The number of aliphatic hydroxyl groups excluding tert-OH is 1. The highest BCUT2D eigenvalue weighted by molar-refractivity contribution is 5.92. The molecule has 0 aromatic heterocycles. The lowest BCUT2D eigenvalue weighted by molar-refractivity contribution is -0.136. The summed E-state index contributed by atoms with van der Waals surface area (Å²) in [5, 5.41) is 14.4. The third kappa shape index (κ3) is 4.75. The van der Waals surface area contributed by atoms with Gasteiger partial charge in [0.25, 0.3) is 0 Å². The van der Waals surface area contributed by atoms with Crippen molar-refractivity contribution in [1.29, 1.82) is 0 Å². The first kappa shape index (κ1) is 19.6. The summed E-state index contributed by atoms with van der Waals surface area (Å²) >= 11 is 0. The van der Waals surface area contributed by atoms with Crippen LogP contribution in [-0.2, 0) is 22.6 Å². The fraction of sp³-hybridized carbons (Fsp3) is 0.217. The minimum absolute atomic E-state index is 0.146. The Hall–Kier alpha value is -3.18. The van der Waals surface area contributed by atoms with E-state index < -0.39 is 12.6 Å². The summed E-state index contributed by atoms with van der Waals surface area (Å²) in [6.45, 7) is -0.0331. The number of benzene rings is 3. The number of hydrogen-bond donors (Lipinski definition) is 2. The molecule has 0 spiro atoms. The summed E-state index contributed by atoms with van der Waals surface area (Å²) in [6, 6.07) is 22.3. The number of nitrogens with one attached hydrogen (secondary N) is 1. The maximum absolute atomic E-state index is 12.6. The number of nitrogens with zero attached hydrogens (tertiary/aromatic N) is 1. The number of aliphatic hydroxyl groups is 1. The Morgan fingerprint density at radius 1 is 0.964 bits per heavy atom. The van der Waals surface area contributed by atoms with Crippen LogP contribution in [0, 0.1) is 0 Å². The van der Waals surface area contributed by atoms with Gasteiger partial charge in [0.1, 0.15) is 6.04 Å².